The van der Waals surface area contributed by atoms with E-state index >= 15 is 0 Å². The molecule has 2 heterocycles. The third kappa shape index (κ3) is 2.70. The van der Waals surface area contributed by atoms with Crippen LogP contribution < -0.4 is 5.56 Å². The predicted octanol–water partition coefficient (Wildman–Crippen LogP) is 3.51. The average Bonchev–Trinajstić information content (AvgIpc) is 2.65. The molecule has 0 saturated heterocycles. The summed E-state index contributed by atoms with van der Waals surface area (Å²) in [6.45, 7) is 0.491. The lowest BCUT2D eigenvalue weighted by Gasteiger charge is -2.08. The number of nitrogens with zero attached hydrogens (tertiary/aromatic N) is 3. The molecular formula is C20H15N3O. The molecule has 2 aromatic carbocycles. The summed E-state index contributed by atoms with van der Waals surface area (Å²) in [4.78, 5) is 20.9. The Kier molecular flexibility index (Phi) is 3.63. The Morgan fingerprint density at radius 1 is 0.917 bits per heavy atom. The fraction of sp³-hybridized carbons (Fsp3) is 0.0500. The molecule has 0 unspecified atom stereocenters. The molecular weight excluding hydrogens is 298 g/mol. The number of aromatic nitrogens is 3. The molecule has 0 amide bonds. The molecule has 0 spiro atoms. The van der Waals surface area contributed by atoms with Crippen LogP contribution in [0.2, 0.25) is 0 Å². The van der Waals surface area contributed by atoms with Crippen molar-refractivity contribution in [2.45, 2.75) is 6.54 Å². The molecule has 0 N–H and O–H groups in total. The highest BCUT2D eigenvalue weighted by Crippen LogP contribution is 2.20. The Hall–Kier alpha value is -3.27. The van der Waals surface area contributed by atoms with Crippen LogP contribution in [0.25, 0.3) is 22.0 Å². The second kappa shape index (κ2) is 6.08. The zero-order chi connectivity index (χ0) is 16.4. The monoisotopic (exact) mass is 313 g/mol. The topological polar surface area (TPSA) is 47.8 Å². The van der Waals surface area contributed by atoms with Gasteiger partial charge in [-0.15, -0.1) is 0 Å². The first-order valence-corrected chi connectivity index (χ1v) is 7.75. The number of hydrogen-bond donors (Lipinski definition) is 0. The van der Waals surface area contributed by atoms with Gasteiger partial charge >= 0.3 is 0 Å². The molecule has 0 aliphatic heterocycles. The van der Waals surface area contributed by atoms with E-state index in [0.717, 1.165) is 16.7 Å². The van der Waals surface area contributed by atoms with E-state index in [-0.39, 0.29) is 5.56 Å². The number of rotatable bonds is 3. The highest BCUT2D eigenvalue weighted by Gasteiger charge is 2.05. The van der Waals surface area contributed by atoms with Gasteiger partial charge in [0, 0.05) is 6.20 Å². The molecule has 0 fully saturated rings. The van der Waals surface area contributed by atoms with Crippen molar-refractivity contribution in [3.8, 4) is 11.1 Å². The van der Waals surface area contributed by atoms with Gasteiger partial charge in [0.05, 0.1) is 30.0 Å². The van der Waals surface area contributed by atoms with E-state index in [1.807, 2.05) is 30.3 Å². The molecule has 0 bridgehead atoms. The molecule has 4 nitrogen and oxygen atoms in total. The third-order valence-corrected chi connectivity index (χ3v) is 4.01. The van der Waals surface area contributed by atoms with E-state index in [0.29, 0.717) is 17.4 Å². The van der Waals surface area contributed by atoms with Gasteiger partial charge in [0.15, 0.2) is 0 Å². The molecule has 0 atom stereocenters. The number of benzene rings is 2. The van der Waals surface area contributed by atoms with Crippen LogP contribution in [0, 0.1) is 0 Å². The van der Waals surface area contributed by atoms with Crippen molar-refractivity contribution in [2.75, 3.05) is 0 Å². The maximum atomic E-state index is 12.6. The zero-order valence-electron chi connectivity index (χ0n) is 13.0. The summed E-state index contributed by atoms with van der Waals surface area (Å²) in [5, 5.41) is 0.590. The van der Waals surface area contributed by atoms with Crippen LogP contribution in [0.5, 0.6) is 0 Å². The van der Waals surface area contributed by atoms with Gasteiger partial charge in [0.2, 0.25) is 0 Å². The van der Waals surface area contributed by atoms with Gasteiger partial charge in [-0.1, -0.05) is 48.5 Å². The largest absolute Gasteiger partial charge is 0.294 e. The van der Waals surface area contributed by atoms with Crippen molar-refractivity contribution in [2.24, 2.45) is 0 Å². The zero-order valence-corrected chi connectivity index (χ0v) is 13.0. The molecule has 116 valence electrons. The van der Waals surface area contributed by atoms with E-state index < -0.39 is 0 Å². The van der Waals surface area contributed by atoms with Gasteiger partial charge in [-0.05, 0) is 28.8 Å². The average molecular weight is 313 g/mol. The summed E-state index contributed by atoms with van der Waals surface area (Å²) < 4.78 is 1.63. The minimum Gasteiger partial charge on any atom is -0.294 e. The SMILES string of the molecule is O=c1c2ccncc2ncn1Cc1cccc(-c2ccccc2)c1. The van der Waals surface area contributed by atoms with E-state index in [1.54, 1.807) is 29.4 Å². The Morgan fingerprint density at radius 2 is 1.75 bits per heavy atom. The molecule has 0 aliphatic rings. The molecule has 4 heteroatoms. The molecule has 4 rings (SSSR count). The number of pyridine rings is 1. The second-order valence-electron chi connectivity index (χ2n) is 5.64. The molecule has 24 heavy (non-hydrogen) atoms. The maximum Gasteiger partial charge on any atom is 0.261 e. The van der Waals surface area contributed by atoms with Gasteiger partial charge < -0.3 is 0 Å². The van der Waals surface area contributed by atoms with Gasteiger partial charge in [-0.3, -0.25) is 14.3 Å². The van der Waals surface area contributed by atoms with Crippen molar-refractivity contribution in [3.63, 3.8) is 0 Å². The maximum absolute atomic E-state index is 12.6. The predicted molar refractivity (Wildman–Crippen MR) is 94.8 cm³/mol. The standard InChI is InChI=1S/C20H15N3O/c24-20-18-9-10-21-12-19(18)22-14-23(20)13-15-5-4-8-17(11-15)16-6-2-1-3-7-16/h1-12,14H,13H2. The lowest BCUT2D eigenvalue weighted by Crippen LogP contribution is -2.21. The van der Waals surface area contributed by atoms with Crippen molar-refractivity contribution < 1.29 is 0 Å². The summed E-state index contributed by atoms with van der Waals surface area (Å²) in [5.74, 6) is 0. The van der Waals surface area contributed by atoms with Crippen molar-refractivity contribution in [3.05, 3.63) is 95.3 Å². The van der Waals surface area contributed by atoms with Gasteiger partial charge in [-0.25, -0.2) is 4.98 Å². The first-order chi connectivity index (χ1) is 11.8. The van der Waals surface area contributed by atoms with Crippen LogP contribution in [0.3, 0.4) is 0 Å². The lowest BCUT2D eigenvalue weighted by atomic mass is 10.0. The minimum atomic E-state index is -0.0486. The number of hydrogen-bond acceptors (Lipinski definition) is 3. The van der Waals surface area contributed by atoms with E-state index in [4.69, 9.17) is 0 Å². The van der Waals surface area contributed by atoms with Crippen molar-refractivity contribution in [1.82, 2.24) is 14.5 Å². The van der Waals surface area contributed by atoms with Crippen LogP contribution in [-0.2, 0) is 6.54 Å². The van der Waals surface area contributed by atoms with Crippen LogP contribution in [0.4, 0.5) is 0 Å². The third-order valence-electron chi connectivity index (χ3n) is 4.01. The fourth-order valence-electron chi connectivity index (χ4n) is 2.80. The Morgan fingerprint density at radius 3 is 2.62 bits per heavy atom. The molecule has 4 aromatic rings. The second-order valence-corrected chi connectivity index (χ2v) is 5.64. The normalized spacial score (nSPS) is 10.8. The summed E-state index contributed by atoms with van der Waals surface area (Å²) in [6, 6.07) is 20.1. The van der Waals surface area contributed by atoms with Crippen molar-refractivity contribution >= 4 is 10.9 Å². The van der Waals surface area contributed by atoms with Gasteiger partial charge in [0.1, 0.15) is 0 Å². The Balaban J connectivity index is 1.72. The fourth-order valence-corrected chi connectivity index (χ4v) is 2.80. The smallest absolute Gasteiger partial charge is 0.261 e. The van der Waals surface area contributed by atoms with E-state index in [9.17, 15) is 4.79 Å². The van der Waals surface area contributed by atoms with Crippen LogP contribution in [0.1, 0.15) is 5.56 Å². The molecule has 0 radical (unpaired) electrons. The minimum absolute atomic E-state index is 0.0486. The van der Waals surface area contributed by atoms with Crippen LogP contribution in [-0.4, -0.2) is 14.5 Å². The van der Waals surface area contributed by atoms with Crippen LogP contribution in [0.15, 0.2) is 84.2 Å². The first kappa shape index (κ1) is 14.3. The quantitative estimate of drug-likeness (QED) is 0.581. The van der Waals surface area contributed by atoms with Crippen LogP contribution >= 0.6 is 0 Å². The summed E-state index contributed by atoms with van der Waals surface area (Å²) in [7, 11) is 0. The molecule has 2 aromatic heterocycles. The lowest BCUT2D eigenvalue weighted by molar-refractivity contribution is 0.748. The highest BCUT2D eigenvalue weighted by atomic mass is 16.1. The highest BCUT2D eigenvalue weighted by molar-refractivity contribution is 5.75. The summed E-state index contributed by atoms with van der Waals surface area (Å²) in [6.07, 6.45) is 4.81. The Labute approximate surface area is 139 Å². The Bertz CT molecular complexity index is 1050. The molecule has 0 saturated carbocycles. The first-order valence-electron chi connectivity index (χ1n) is 7.75. The number of fused-ring (bicyclic) bond motifs is 1. The van der Waals surface area contributed by atoms with Gasteiger partial charge in [-0.2, -0.15) is 0 Å². The van der Waals surface area contributed by atoms with Gasteiger partial charge in [0.25, 0.3) is 5.56 Å². The summed E-state index contributed by atoms with van der Waals surface area (Å²) >= 11 is 0. The van der Waals surface area contributed by atoms with Crippen molar-refractivity contribution in [1.29, 1.82) is 0 Å². The summed E-state index contributed by atoms with van der Waals surface area (Å²) in [5.41, 5.74) is 3.94. The van der Waals surface area contributed by atoms with E-state index in [2.05, 4.69) is 34.2 Å². The van der Waals surface area contributed by atoms with E-state index in [1.165, 1.54) is 0 Å². The molecule has 0 aliphatic carbocycles.